The average molecular weight is 358 g/mol. The van der Waals surface area contributed by atoms with Crippen molar-refractivity contribution in [3.63, 3.8) is 0 Å². The molecule has 1 unspecified atom stereocenters. The number of hydrogen-bond donors (Lipinski definition) is 1. The van der Waals surface area contributed by atoms with Gasteiger partial charge in [-0.05, 0) is 31.5 Å². The van der Waals surface area contributed by atoms with E-state index >= 15 is 0 Å². The van der Waals surface area contributed by atoms with Gasteiger partial charge in [-0.1, -0.05) is 6.07 Å². The van der Waals surface area contributed by atoms with Crippen molar-refractivity contribution in [2.24, 2.45) is 0 Å². The van der Waals surface area contributed by atoms with Gasteiger partial charge in [-0.15, -0.1) is 5.10 Å². The highest BCUT2D eigenvalue weighted by Gasteiger charge is 2.32. The Morgan fingerprint density at radius 1 is 1.44 bits per heavy atom. The number of nitriles is 1. The normalized spacial score (nSPS) is 18.5. The van der Waals surface area contributed by atoms with Gasteiger partial charge in [0, 0.05) is 18.3 Å². The van der Waals surface area contributed by atoms with Crippen molar-refractivity contribution in [1.29, 1.82) is 5.26 Å². The summed E-state index contributed by atoms with van der Waals surface area (Å²) in [5.41, 5.74) is 1.21. The molecule has 25 heavy (non-hydrogen) atoms. The van der Waals surface area contributed by atoms with E-state index in [9.17, 15) is 8.42 Å². The Morgan fingerprint density at radius 3 is 2.96 bits per heavy atom. The van der Waals surface area contributed by atoms with Gasteiger partial charge in [0.2, 0.25) is 5.95 Å². The Kier molecular flexibility index (Phi) is 4.81. The Labute approximate surface area is 146 Å². The summed E-state index contributed by atoms with van der Waals surface area (Å²) in [6.45, 7) is 2.58. The molecule has 0 spiro atoms. The fourth-order valence-corrected chi connectivity index (χ4v) is 4.64. The second-order valence-electron chi connectivity index (χ2n) is 5.80. The molecule has 3 rings (SSSR count). The van der Waals surface area contributed by atoms with Crippen molar-refractivity contribution in [3.05, 3.63) is 36.0 Å². The van der Waals surface area contributed by atoms with Gasteiger partial charge in [0.15, 0.2) is 15.7 Å². The maximum atomic E-state index is 11.7. The third-order valence-corrected chi connectivity index (χ3v) is 5.83. The first kappa shape index (κ1) is 17.1. The van der Waals surface area contributed by atoms with E-state index in [0.29, 0.717) is 36.0 Å². The lowest BCUT2D eigenvalue weighted by Gasteiger charge is -2.27. The number of anilines is 3. The number of nitrogens with zero attached hydrogens (tertiary/aromatic N) is 5. The number of rotatable bonds is 5. The SMILES string of the molecule is CCN(c1cnnc(Nc2cccc(C#N)c2)n1)C1CCS(=O)(=O)C1. The Hall–Kier alpha value is -2.73. The van der Waals surface area contributed by atoms with Crippen LogP contribution in [0.25, 0.3) is 0 Å². The van der Waals surface area contributed by atoms with Crippen LogP contribution in [0.3, 0.4) is 0 Å². The topological polar surface area (TPSA) is 112 Å². The molecule has 1 aromatic carbocycles. The number of sulfone groups is 1. The van der Waals surface area contributed by atoms with Gasteiger partial charge in [-0.2, -0.15) is 15.3 Å². The van der Waals surface area contributed by atoms with Crippen LogP contribution < -0.4 is 10.2 Å². The summed E-state index contributed by atoms with van der Waals surface area (Å²) >= 11 is 0. The van der Waals surface area contributed by atoms with Gasteiger partial charge in [-0.25, -0.2) is 8.42 Å². The van der Waals surface area contributed by atoms with E-state index in [2.05, 4.69) is 26.6 Å². The van der Waals surface area contributed by atoms with Crippen molar-refractivity contribution in [1.82, 2.24) is 15.2 Å². The number of hydrogen-bond acceptors (Lipinski definition) is 8. The van der Waals surface area contributed by atoms with Gasteiger partial charge in [0.25, 0.3) is 0 Å². The molecule has 0 radical (unpaired) electrons. The van der Waals surface area contributed by atoms with Crippen LogP contribution in [-0.4, -0.2) is 47.7 Å². The fourth-order valence-electron chi connectivity index (χ4n) is 2.91. The summed E-state index contributed by atoms with van der Waals surface area (Å²) in [4.78, 5) is 6.39. The van der Waals surface area contributed by atoms with Crippen molar-refractivity contribution in [2.45, 2.75) is 19.4 Å². The van der Waals surface area contributed by atoms with Gasteiger partial charge in [0.1, 0.15) is 0 Å². The summed E-state index contributed by atoms with van der Waals surface area (Å²) in [6.07, 6.45) is 2.12. The molecule has 0 saturated carbocycles. The zero-order chi connectivity index (χ0) is 17.9. The molecule has 1 atom stereocenters. The lowest BCUT2D eigenvalue weighted by atomic mass is 10.2. The molecule has 9 heteroatoms. The maximum Gasteiger partial charge on any atom is 0.249 e. The molecule has 2 aromatic rings. The van der Waals surface area contributed by atoms with Crippen LogP contribution in [0.5, 0.6) is 0 Å². The highest BCUT2D eigenvalue weighted by Crippen LogP contribution is 2.23. The molecule has 0 amide bonds. The minimum absolute atomic E-state index is 0.0959. The minimum Gasteiger partial charge on any atom is -0.351 e. The van der Waals surface area contributed by atoms with E-state index in [4.69, 9.17) is 5.26 Å². The fraction of sp³-hybridized carbons (Fsp3) is 0.375. The quantitative estimate of drug-likeness (QED) is 0.856. The minimum atomic E-state index is -2.98. The molecule has 1 aliphatic rings. The smallest absolute Gasteiger partial charge is 0.249 e. The van der Waals surface area contributed by atoms with E-state index in [0.717, 1.165) is 0 Å². The van der Waals surface area contributed by atoms with E-state index in [1.165, 1.54) is 6.20 Å². The molecule has 1 fully saturated rings. The van der Waals surface area contributed by atoms with Gasteiger partial charge >= 0.3 is 0 Å². The lowest BCUT2D eigenvalue weighted by Crippen LogP contribution is -2.37. The first-order chi connectivity index (χ1) is 12.0. The molecular weight excluding hydrogens is 340 g/mol. The van der Waals surface area contributed by atoms with Gasteiger partial charge < -0.3 is 10.2 Å². The third kappa shape index (κ3) is 4.03. The zero-order valence-electron chi connectivity index (χ0n) is 13.8. The highest BCUT2D eigenvalue weighted by molar-refractivity contribution is 7.91. The van der Waals surface area contributed by atoms with E-state index in [-0.39, 0.29) is 17.5 Å². The molecule has 1 aromatic heterocycles. The molecule has 0 bridgehead atoms. The monoisotopic (exact) mass is 358 g/mol. The van der Waals surface area contributed by atoms with Gasteiger partial charge in [0.05, 0.1) is 29.3 Å². The molecular formula is C16H18N6O2S. The van der Waals surface area contributed by atoms with E-state index in [1.807, 2.05) is 11.8 Å². The second kappa shape index (κ2) is 7.03. The van der Waals surface area contributed by atoms with Crippen LogP contribution >= 0.6 is 0 Å². The first-order valence-electron chi connectivity index (χ1n) is 7.94. The predicted molar refractivity (Wildman–Crippen MR) is 94.3 cm³/mol. The molecule has 8 nitrogen and oxygen atoms in total. The third-order valence-electron chi connectivity index (χ3n) is 4.08. The highest BCUT2D eigenvalue weighted by atomic mass is 32.2. The summed E-state index contributed by atoms with van der Waals surface area (Å²) in [7, 11) is -2.98. The predicted octanol–water partition coefficient (Wildman–Crippen LogP) is 1.50. The van der Waals surface area contributed by atoms with E-state index in [1.54, 1.807) is 24.3 Å². The molecule has 1 aliphatic heterocycles. The van der Waals surface area contributed by atoms with Crippen molar-refractivity contribution < 1.29 is 8.42 Å². The number of aromatic nitrogens is 3. The largest absolute Gasteiger partial charge is 0.351 e. The Balaban J connectivity index is 1.81. The molecule has 130 valence electrons. The average Bonchev–Trinajstić information content (AvgIpc) is 2.96. The first-order valence-corrected chi connectivity index (χ1v) is 9.77. The van der Waals surface area contributed by atoms with Crippen LogP contribution in [0, 0.1) is 11.3 Å². The summed E-state index contributed by atoms with van der Waals surface area (Å²) in [6, 6.07) is 8.95. The van der Waals surface area contributed by atoms with Crippen LogP contribution in [0.1, 0.15) is 18.9 Å². The van der Waals surface area contributed by atoms with Crippen LogP contribution in [0.15, 0.2) is 30.5 Å². The van der Waals surface area contributed by atoms with Crippen molar-refractivity contribution in [2.75, 3.05) is 28.3 Å². The summed E-state index contributed by atoms with van der Waals surface area (Å²) < 4.78 is 23.5. The Bertz CT molecular complexity index is 909. The maximum absolute atomic E-state index is 11.7. The van der Waals surface area contributed by atoms with Crippen molar-refractivity contribution in [3.8, 4) is 6.07 Å². The van der Waals surface area contributed by atoms with Crippen LogP contribution in [-0.2, 0) is 9.84 Å². The summed E-state index contributed by atoms with van der Waals surface area (Å²) in [5, 5.41) is 19.9. The second-order valence-corrected chi connectivity index (χ2v) is 8.03. The zero-order valence-corrected chi connectivity index (χ0v) is 14.6. The van der Waals surface area contributed by atoms with E-state index < -0.39 is 9.84 Å². The lowest BCUT2D eigenvalue weighted by molar-refractivity contribution is 0.599. The standard InChI is InChI=1S/C16H18N6O2S/c1-2-22(14-6-7-25(23,24)11-14)15-10-18-21-16(20-15)19-13-5-3-4-12(8-13)9-17/h3-5,8,10,14H,2,6-7,11H2,1H3,(H,19,20,21). The molecule has 2 heterocycles. The number of nitrogens with one attached hydrogen (secondary N) is 1. The van der Waals surface area contributed by atoms with Crippen LogP contribution in [0.4, 0.5) is 17.5 Å². The molecule has 1 N–H and O–H groups in total. The molecule has 0 aliphatic carbocycles. The number of benzene rings is 1. The molecule has 1 saturated heterocycles. The van der Waals surface area contributed by atoms with Gasteiger partial charge in [-0.3, -0.25) is 0 Å². The van der Waals surface area contributed by atoms with Crippen LogP contribution in [0.2, 0.25) is 0 Å². The Morgan fingerprint density at radius 2 is 2.28 bits per heavy atom. The van der Waals surface area contributed by atoms with Crippen molar-refractivity contribution >= 4 is 27.3 Å². The summed E-state index contributed by atoms with van der Waals surface area (Å²) in [5.74, 6) is 1.22.